The van der Waals surface area contributed by atoms with Crippen molar-refractivity contribution in [1.29, 1.82) is 0 Å². The highest BCUT2D eigenvalue weighted by Gasteiger charge is 2.24. The van der Waals surface area contributed by atoms with Crippen LogP contribution in [0.5, 0.6) is 0 Å². The third-order valence-corrected chi connectivity index (χ3v) is 4.07. The van der Waals surface area contributed by atoms with Gasteiger partial charge in [-0.2, -0.15) is 0 Å². The van der Waals surface area contributed by atoms with E-state index in [4.69, 9.17) is 5.73 Å². The molecule has 2 N–H and O–H groups in total. The molecule has 0 aliphatic heterocycles. The lowest BCUT2D eigenvalue weighted by Crippen LogP contribution is -2.15. The van der Waals surface area contributed by atoms with Crippen LogP contribution in [0.4, 0.5) is 5.82 Å². The molecule has 0 saturated heterocycles. The van der Waals surface area contributed by atoms with Gasteiger partial charge in [-0.15, -0.1) is 0 Å². The van der Waals surface area contributed by atoms with E-state index in [9.17, 15) is 0 Å². The van der Waals surface area contributed by atoms with Crippen LogP contribution >= 0.6 is 0 Å². The molecule has 0 unspecified atom stereocenters. The molecule has 1 aliphatic rings. The van der Waals surface area contributed by atoms with E-state index in [0.29, 0.717) is 5.92 Å². The molecule has 1 saturated carbocycles. The lowest BCUT2D eigenvalue weighted by molar-refractivity contribution is 0.318. The van der Waals surface area contributed by atoms with Crippen LogP contribution in [0.15, 0.2) is 12.3 Å². The van der Waals surface area contributed by atoms with Gasteiger partial charge in [-0.05, 0) is 56.1 Å². The molecular formula is C14H22N2. The van der Waals surface area contributed by atoms with Crippen LogP contribution in [0.1, 0.15) is 56.1 Å². The summed E-state index contributed by atoms with van der Waals surface area (Å²) in [5, 5.41) is 0. The number of nitrogens with two attached hydrogens (primary N) is 1. The number of aryl methyl sites for hydroxylation is 1. The fraction of sp³-hybridized carbons (Fsp3) is 0.643. The Morgan fingerprint density at radius 3 is 2.56 bits per heavy atom. The molecule has 16 heavy (non-hydrogen) atoms. The highest BCUT2D eigenvalue weighted by molar-refractivity contribution is 5.46. The predicted octanol–water partition coefficient (Wildman–Crippen LogP) is 3.66. The average molecular weight is 218 g/mol. The van der Waals surface area contributed by atoms with Crippen molar-refractivity contribution >= 4 is 5.82 Å². The first-order valence-electron chi connectivity index (χ1n) is 6.43. The number of anilines is 1. The second-order valence-electron chi connectivity index (χ2n) is 5.05. The summed E-state index contributed by atoms with van der Waals surface area (Å²) in [6.07, 6.45) is 8.43. The number of rotatable bonds is 2. The maximum absolute atomic E-state index is 6.01. The van der Waals surface area contributed by atoms with E-state index in [1.807, 2.05) is 6.20 Å². The van der Waals surface area contributed by atoms with Crippen molar-refractivity contribution < 1.29 is 0 Å². The molecule has 0 aromatic carbocycles. The monoisotopic (exact) mass is 218 g/mol. The van der Waals surface area contributed by atoms with Gasteiger partial charge in [-0.1, -0.05) is 13.3 Å². The molecule has 0 amide bonds. The van der Waals surface area contributed by atoms with Gasteiger partial charge in [0.15, 0.2) is 0 Å². The van der Waals surface area contributed by atoms with Gasteiger partial charge in [0.2, 0.25) is 0 Å². The second-order valence-corrected chi connectivity index (χ2v) is 5.05. The zero-order valence-electron chi connectivity index (χ0n) is 10.4. The molecule has 0 radical (unpaired) electrons. The predicted molar refractivity (Wildman–Crippen MR) is 68.4 cm³/mol. The molecule has 0 spiro atoms. The van der Waals surface area contributed by atoms with Crippen molar-refractivity contribution in [2.75, 3.05) is 5.73 Å². The Morgan fingerprint density at radius 1 is 1.31 bits per heavy atom. The van der Waals surface area contributed by atoms with Gasteiger partial charge < -0.3 is 5.73 Å². The first-order chi connectivity index (χ1) is 7.72. The highest BCUT2D eigenvalue weighted by Crippen LogP contribution is 2.39. The summed E-state index contributed by atoms with van der Waals surface area (Å²) in [6, 6.07) is 2.08. The van der Waals surface area contributed by atoms with Crippen LogP contribution in [0.25, 0.3) is 0 Å². The van der Waals surface area contributed by atoms with Crippen molar-refractivity contribution in [3.63, 3.8) is 0 Å². The van der Waals surface area contributed by atoms with E-state index < -0.39 is 0 Å². The van der Waals surface area contributed by atoms with Crippen LogP contribution in [0, 0.1) is 12.8 Å². The summed E-state index contributed by atoms with van der Waals surface area (Å²) in [6.45, 7) is 4.45. The minimum Gasteiger partial charge on any atom is -0.383 e. The summed E-state index contributed by atoms with van der Waals surface area (Å²) >= 11 is 0. The summed E-state index contributed by atoms with van der Waals surface area (Å²) in [5.41, 5.74) is 8.64. The Labute approximate surface area is 98.3 Å². The molecule has 1 heterocycles. The maximum atomic E-state index is 6.01. The Hall–Kier alpha value is -1.05. The second kappa shape index (κ2) is 4.86. The van der Waals surface area contributed by atoms with Crippen molar-refractivity contribution in [2.24, 2.45) is 5.92 Å². The van der Waals surface area contributed by atoms with Crippen molar-refractivity contribution in [3.8, 4) is 0 Å². The van der Waals surface area contributed by atoms with E-state index in [0.717, 1.165) is 11.7 Å². The van der Waals surface area contributed by atoms with Crippen molar-refractivity contribution in [3.05, 3.63) is 23.4 Å². The fourth-order valence-corrected chi connectivity index (χ4v) is 2.98. The lowest BCUT2D eigenvalue weighted by atomic mass is 9.77. The van der Waals surface area contributed by atoms with Crippen LogP contribution in [-0.2, 0) is 0 Å². The van der Waals surface area contributed by atoms with Crippen molar-refractivity contribution in [2.45, 2.75) is 51.9 Å². The topological polar surface area (TPSA) is 38.9 Å². The van der Waals surface area contributed by atoms with Crippen LogP contribution in [-0.4, -0.2) is 4.98 Å². The third-order valence-electron chi connectivity index (χ3n) is 4.07. The minimum absolute atomic E-state index is 0.650. The van der Waals surface area contributed by atoms with E-state index in [-0.39, 0.29) is 0 Å². The maximum Gasteiger partial charge on any atom is 0.127 e. The largest absolute Gasteiger partial charge is 0.383 e. The Bertz CT molecular complexity index is 332. The number of nitrogens with zero attached hydrogens (tertiary/aromatic N) is 1. The Kier molecular flexibility index (Phi) is 3.47. The quantitative estimate of drug-likeness (QED) is 0.822. The molecule has 2 nitrogen and oxygen atoms in total. The summed E-state index contributed by atoms with van der Waals surface area (Å²) in [5.74, 6) is 2.34. The van der Waals surface area contributed by atoms with Crippen LogP contribution in [0.3, 0.4) is 0 Å². The van der Waals surface area contributed by atoms with Gasteiger partial charge in [0.1, 0.15) is 5.82 Å². The SMILES string of the molecule is CCC1CCC(c2c(C)ccnc2N)CC1. The summed E-state index contributed by atoms with van der Waals surface area (Å²) < 4.78 is 0. The minimum atomic E-state index is 0.650. The molecule has 88 valence electrons. The first-order valence-corrected chi connectivity index (χ1v) is 6.43. The Morgan fingerprint density at radius 2 is 2.00 bits per heavy atom. The molecule has 1 fully saturated rings. The van der Waals surface area contributed by atoms with Crippen molar-refractivity contribution in [1.82, 2.24) is 4.98 Å². The number of aromatic nitrogens is 1. The zero-order valence-corrected chi connectivity index (χ0v) is 10.4. The summed E-state index contributed by atoms with van der Waals surface area (Å²) in [7, 11) is 0. The van der Waals surface area contributed by atoms with Gasteiger partial charge in [0, 0.05) is 11.8 Å². The number of nitrogen functional groups attached to an aromatic ring is 1. The van der Waals surface area contributed by atoms with Gasteiger partial charge >= 0.3 is 0 Å². The van der Waals surface area contributed by atoms with Gasteiger partial charge in [-0.3, -0.25) is 0 Å². The molecule has 2 heteroatoms. The number of hydrogen-bond acceptors (Lipinski definition) is 2. The lowest BCUT2D eigenvalue weighted by Gasteiger charge is -2.29. The number of pyridine rings is 1. The standard InChI is InChI=1S/C14H22N2/c1-3-11-4-6-12(7-5-11)13-10(2)8-9-16-14(13)15/h8-9,11-12H,3-7H2,1-2H3,(H2,15,16). The molecule has 1 aromatic heterocycles. The smallest absolute Gasteiger partial charge is 0.127 e. The van der Waals surface area contributed by atoms with Gasteiger partial charge in [0.05, 0.1) is 0 Å². The molecule has 0 atom stereocenters. The zero-order chi connectivity index (χ0) is 11.5. The normalized spacial score (nSPS) is 25.6. The Balaban J connectivity index is 2.14. The van der Waals surface area contributed by atoms with Gasteiger partial charge in [0.25, 0.3) is 0 Å². The van der Waals surface area contributed by atoms with Crippen LogP contribution < -0.4 is 5.73 Å². The molecular weight excluding hydrogens is 196 g/mol. The third kappa shape index (κ3) is 2.21. The van der Waals surface area contributed by atoms with E-state index >= 15 is 0 Å². The van der Waals surface area contributed by atoms with Gasteiger partial charge in [-0.25, -0.2) is 4.98 Å². The molecule has 1 aromatic rings. The molecule has 0 bridgehead atoms. The van der Waals surface area contributed by atoms with Crippen LogP contribution in [0.2, 0.25) is 0 Å². The average Bonchev–Trinajstić information content (AvgIpc) is 2.30. The first kappa shape index (κ1) is 11.4. The fourth-order valence-electron chi connectivity index (χ4n) is 2.98. The number of hydrogen-bond donors (Lipinski definition) is 1. The molecule has 2 rings (SSSR count). The van der Waals surface area contributed by atoms with E-state index in [1.165, 1.54) is 43.2 Å². The highest BCUT2D eigenvalue weighted by atomic mass is 14.8. The van der Waals surface area contributed by atoms with E-state index in [1.54, 1.807) is 0 Å². The molecule has 1 aliphatic carbocycles. The summed E-state index contributed by atoms with van der Waals surface area (Å²) in [4.78, 5) is 4.23. The van der Waals surface area contributed by atoms with E-state index in [2.05, 4.69) is 24.9 Å².